The molecule has 6 nitrogen and oxygen atoms in total. The number of nitriles is 1. The number of aliphatic hydroxyl groups is 2. The van der Waals surface area contributed by atoms with E-state index in [2.05, 4.69) is 17.2 Å². The fourth-order valence-electron chi connectivity index (χ4n) is 1.42. The Hall–Kier alpha value is -1.45. The molecule has 1 aromatic heterocycles. The van der Waals surface area contributed by atoms with Crippen molar-refractivity contribution in [2.75, 3.05) is 6.61 Å². The van der Waals surface area contributed by atoms with Crippen molar-refractivity contribution in [3.63, 3.8) is 0 Å². The summed E-state index contributed by atoms with van der Waals surface area (Å²) in [4.78, 5) is 0. The Balaban J connectivity index is 2.83. The lowest BCUT2D eigenvalue weighted by atomic mass is 10.1. The summed E-state index contributed by atoms with van der Waals surface area (Å²) in [6.45, 7) is 1.90. The average molecular weight is 224 g/mol. The Kier molecular flexibility index (Phi) is 4.89. The summed E-state index contributed by atoms with van der Waals surface area (Å²) in [6.07, 6.45) is 1.80. The van der Waals surface area contributed by atoms with Crippen LogP contribution in [0.15, 0.2) is 0 Å². The lowest BCUT2D eigenvalue weighted by molar-refractivity contribution is 0.0770. The van der Waals surface area contributed by atoms with Gasteiger partial charge in [-0.3, -0.25) is 0 Å². The standard InChI is InChI=1S/C10H16N4O2/c1-2-3-4-10-9(5-11)12-13-14(10)6-8(16)7-15/h8,15-16H,2-4,6-7H2,1H3. The van der Waals surface area contributed by atoms with E-state index in [1.54, 1.807) is 0 Å². The molecule has 0 spiro atoms. The van der Waals surface area contributed by atoms with Gasteiger partial charge in [-0.2, -0.15) is 5.26 Å². The van der Waals surface area contributed by atoms with E-state index in [0.29, 0.717) is 12.1 Å². The Morgan fingerprint density at radius 3 is 2.88 bits per heavy atom. The Labute approximate surface area is 94.1 Å². The van der Waals surface area contributed by atoms with Crippen LogP contribution < -0.4 is 0 Å². The first-order chi connectivity index (χ1) is 7.72. The number of hydrogen-bond acceptors (Lipinski definition) is 5. The molecule has 1 unspecified atom stereocenters. The molecule has 0 saturated carbocycles. The van der Waals surface area contributed by atoms with Crippen molar-refractivity contribution in [2.45, 2.75) is 38.8 Å². The largest absolute Gasteiger partial charge is 0.394 e. The molecule has 6 heteroatoms. The van der Waals surface area contributed by atoms with Gasteiger partial charge in [0, 0.05) is 0 Å². The van der Waals surface area contributed by atoms with Gasteiger partial charge in [-0.1, -0.05) is 18.6 Å². The summed E-state index contributed by atoms with van der Waals surface area (Å²) in [5, 5.41) is 34.5. The van der Waals surface area contributed by atoms with Crippen LogP contribution in [0.4, 0.5) is 0 Å². The zero-order valence-corrected chi connectivity index (χ0v) is 9.30. The van der Waals surface area contributed by atoms with E-state index in [0.717, 1.165) is 18.5 Å². The average Bonchev–Trinajstić information content (AvgIpc) is 2.68. The molecule has 1 heterocycles. The topological polar surface area (TPSA) is 95.0 Å². The smallest absolute Gasteiger partial charge is 0.185 e. The SMILES string of the molecule is CCCCc1c(C#N)nnn1CC(O)CO. The van der Waals surface area contributed by atoms with E-state index in [-0.39, 0.29) is 13.2 Å². The van der Waals surface area contributed by atoms with Crippen LogP contribution in [-0.4, -0.2) is 37.9 Å². The van der Waals surface area contributed by atoms with Gasteiger partial charge < -0.3 is 10.2 Å². The second kappa shape index (κ2) is 6.20. The number of hydrogen-bond donors (Lipinski definition) is 2. The van der Waals surface area contributed by atoms with Gasteiger partial charge in [0.05, 0.1) is 24.9 Å². The molecule has 2 N–H and O–H groups in total. The van der Waals surface area contributed by atoms with Crippen LogP contribution in [0.2, 0.25) is 0 Å². The van der Waals surface area contributed by atoms with Crippen LogP contribution >= 0.6 is 0 Å². The normalized spacial score (nSPS) is 12.4. The van der Waals surface area contributed by atoms with Crippen molar-refractivity contribution in [3.8, 4) is 6.07 Å². The number of aliphatic hydroxyl groups excluding tert-OH is 2. The van der Waals surface area contributed by atoms with Gasteiger partial charge in [0.2, 0.25) is 0 Å². The number of rotatable bonds is 6. The first kappa shape index (κ1) is 12.6. The molecular formula is C10H16N4O2. The van der Waals surface area contributed by atoms with E-state index in [9.17, 15) is 5.11 Å². The molecule has 16 heavy (non-hydrogen) atoms. The fourth-order valence-corrected chi connectivity index (χ4v) is 1.42. The molecular weight excluding hydrogens is 208 g/mol. The Bertz CT molecular complexity index is 369. The van der Waals surface area contributed by atoms with Crippen molar-refractivity contribution in [1.82, 2.24) is 15.0 Å². The highest BCUT2D eigenvalue weighted by atomic mass is 16.3. The minimum Gasteiger partial charge on any atom is -0.394 e. The van der Waals surface area contributed by atoms with Crippen LogP contribution in [-0.2, 0) is 13.0 Å². The summed E-state index contributed by atoms with van der Waals surface area (Å²) in [5.41, 5.74) is 1.04. The Morgan fingerprint density at radius 1 is 1.56 bits per heavy atom. The predicted octanol–water partition coefficient (Wildman–Crippen LogP) is -0.154. The monoisotopic (exact) mass is 224 g/mol. The van der Waals surface area contributed by atoms with Crippen LogP contribution in [0.1, 0.15) is 31.2 Å². The summed E-state index contributed by atoms with van der Waals surface area (Å²) >= 11 is 0. The number of aromatic nitrogens is 3. The molecule has 0 bridgehead atoms. The molecule has 1 aromatic rings. The van der Waals surface area contributed by atoms with Crippen LogP contribution in [0.5, 0.6) is 0 Å². The first-order valence-electron chi connectivity index (χ1n) is 5.34. The molecule has 0 aromatic carbocycles. The van der Waals surface area contributed by atoms with Crippen LogP contribution in [0.3, 0.4) is 0 Å². The van der Waals surface area contributed by atoms with E-state index in [1.807, 2.05) is 6.07 Å². The summed E-state index contributed by atoms with van der Waals surface area (Å²) in [6, 6.07) is 1.98. The third-order valence-corrected chi connectivity index (χ3v) is 2.31. The minimum atomic E-state index is -0.867. The number of nitrogens with zero attached hydrogens (tertiary/aromatic N) is 4. The van der Waals surface area contributed by atoms with Gasteiger partial charge >= 0.3 is 0 Å². The third kappa shape index (κ3) is 3.02. The van der Waals surface area contributed by atoms with Crippen molar-refractivity contribution in [1.29, 1.82) is 5.26 Å². The lowest BCUT2D eigenvalue weighted by Gasteiger charge is -2.09. The molecule has 0 aliphatic rings. The molecule has 0 aliphatic carbocycles. The zero-order chi connectivity index (χ0) is 12.0. The van der Waals surface area contributed by atoms with Gasteiger partial charge in [-0.05, 0) is 12.8 Å². The highest BCUT2D eigenvalue weighted by molar-refractivity contribution is 5.24. The maximum absolute atomic E-state index is 9.32. The number of unbranched alkanes of at least 4 members (excludes halogenated alkanes) is 1. The lowest BCUT2D eigenvalue weighted by Crippen LogP contribution is -2.22. The molecule has 1 rings (SSSR count). The van der Waals surface area contributed by atoms with Gasteiger partial charge in [0.15, 0.2) is 5.69 Å². The third-order valence-electron chi connectivity index (χ3n) is 2.31. The molecule has 0 fully saturated rings. The summed E-state index contributed by atoms with van der Waals surface area (Å²) < 4.78 is 1.50. The molecule has 1 atom stereocenters. The predicted molar refractivity (Wildman–Crippen MR) is 56.4 cm³/mol. The van der Waals surface area contributed by atoms with Crippen molar-refractivity contribution < 1.29 is 10.2 Å². The summed E-state index contributed by atoms with van der Waals surface area (Å²) in [7, 11) is 0. The maximum Gasteiger partial charge on any atom is 0.185 e. The molecule has 88 valence electrons. The Morgan fingerprint density at radius 2 is 2.31 bits per heavy atom. The van der Waals surface area contributed by atoms with E-state index in [4.69, 9.17) is 10.4 Å². The highest BCUT2D eigenvalue weighted by Crippen LogP contribution is 2.09. The van der Waals surface area contributed by atoms with Crippen LogP contribution in [0, 0.1) is 11.3 Å². The fraction of sp³-hybridized carbons (Fsp3) is 0.700. The molecule has 0 saturated heterocycles. The van der Waals surface area contributed by atoms with Crippen LogP contribution in [0.25, 0.3) is 0 Å². The summed E-state index contributed by atoms with van der Waals surface area (Å²) in [5.74, 6) is 0. The van der Waals surface area contributed by atoms with Gasteiger partial charge in [0.1, 0.15) is 6.07 Å². The van der Waals surface area contributed by atoms with Crippen molar-refractivity contribution >= 4 is 0 Å². The minimum absolute atomic E-state index is 0.171. The molecule has 0 aliphatic heterocycles. The molecule has 0 amide bonds. The van der Waals surface area contributed by atoms with E-state index < -0.39 is 6.10 Å². The van der Waals surface area contributed by atoms with Gasteiger partial charge in [-0.15, -0.1) is 5.10 Å². The zero-order valence-electron chi connectivity index (χ0n) is 9.30. The highest BCUT2D eigenvalue weighted by Gasteiger charge is 2.14. The van der Waals surface area contributed by atoms with Crippen molar-refractivity contribution in [3.05, 3.63) is 11.4 Å². The molecule has 0 radical (unpaired) electrons. The van der Waals surface area contributed by atoms with E-state index in [1.165, 1.54) is 4.68 Å². The maximum atomic E-state index is 9.32. The van der Waals surface area contributed by atoms with Gasteiger partial charge in [0.25, 0.3) is 0 Å². The van der Waals surface area contributed by atoms with E-state index >= 15 is 0 Å². The second-order valence-electron chi connectivity index (χ2n) is 3.62. The second-order valence-corrected chi connectivity index (χ2v) is 3.62. The quantitative estimate of drug-likeness (QED) is 0.700. The van der Waals surface area contributed by atoms with Crippen molar-refractivity contribution in [2.24, 2.45) is 0 Å². The first-order valence-corrected chi connectivity index (χ1v) is 5.34. The van der Waals surface area contributed by atoms with Gasteiger partial charge in [-0.25, -0.2) is 4.68 Å².